The van der Waals surface area contributed by atoms with Crippen molar-refractivity contribution < 1.29 is 29.1 Å². The standard InChI is InChI=1S/C8H8N2O4S2.C3H6O2/c11-5-1-2-6(12)9(5)15-16-10-7(13)3-4-8(10)14;1-2-3(4)5/h1-4H2;2H2,1H3,(H,4,5). The van der Waals surface area contributed by atoms with E-state index in [2.05, 4.69) is 0 Å². The van der Waals surface area contributed by atoms with Gasteiger partial charge in [-0.2, -0.15) is 0 Å². The topological polar surface area (TPSA) is 112 Å². The second-order valence-corrected chi connectivity index (χ2v) is 5.98. The Kier molecular flexibility index (Phi) is 6.69. The molecule has 8 nitrogen and oxygen atoms in total. The minimum atomic E-state index is -0.745. The van der Waals surface area contributed by atoms with Crippen molar-refractivity contribution in [2.45, 2.75) is 39.0 Å². The zero-order chi connectivity index (χ0) is 16.0. The summed E-state index contributed by atoms with van der Waals surface area (Å²) in [4.78, 5) is 54.3. The van der Waals surface area contributed by atoms with Crippen LogP contribution in [0.4, 0.5) is 0 Å². The Bertz CT molecular complexity index is 413. The number of carboxylic acid groups (broad SMARTS) is 1. The fourth-order valence-corrected chi connectivity index (χ4v) is 3.57. The number of carbonyl (C=O) groups is 5. The van der Waals surface area contributed by atoms with E-state index >= 15 is 0 Å². The summed E-state index contributed by atoms with van der Waals surface area (Å²) in [5.41, 5.74) is 0. The molecule has 0 aromatic rings. The van der Waals surface area contributed by atoms with Crippen LogP contribution in [-0.2, 0) is 24.0 Å². The van der Waals surface area contributed by atoms with Gasteiger partial charge >= 0.3 is 5.97 Å². The molecule has 0 saturated carbocycles. The first kappa shape index (κ1) is 17.5. The van der Waals surface area contributed by atoms with E-state index in [9.17, 15) is 24.0 Å². The molecular weight excluding hydrogens is 320 g/mol. The first-order valence-corrected chi connectivity index (χ1v) is 8.21. The fourth-order valence-electron chi connectivity index (χ4n) is 1.35. The predicted molar refractivity (Wildman–Crippen MR) is 75.3 cm³/mol. The molecule has 0 aliphatic carbocycles. The van der Waals surface area contributed by atoms with Crippen LogP contribution in [-0.4, -0.2) is 43.3 Å². The molecule has 2 heterocycles. The van der Waals surface area contributed by atoms with Crippen LogP contribution >= 0.6 is 22.0 Å². The van der Waals surface area contributed by atoms with Crippen LogP contribution in [0.25, 0.3) is 0 Å². The number of nitrogens with zero attached hydrogens (tertiary/aromatic N) is 2. The van der Waals surface area contributed by atoms with Gasteiger partial charge in [0.05, 0.1) is 22.0 Å². The second-order valence-electron chi connectivity index (χ2n) is 4.06. The summed E-state index contributed by atoms with van der Waals surface area (Å²) in [6.45, 7) is 1.60. The lowest BCUT2D eigenvalue weighted by Crippen LogP contribution is -2.24. The Balaban J connectivity index is 0.000000383. The predicted octanol–water partition coefficient (Wildman–Crippen LogP) is 0.977. The molecule has 0 aromatic heterocycles. The van der Waals surface area contributed by atoms with Crippen LogP contribution in [0.5, 0.6) is 0 Å². The molecule has 2 rings (SSSR count). The average molecular weight is 334 g/mol. The molecule has 0 spiro atoms. The number of imide groups is 2. The van der Waals surface area contributed by atoms with Gasteiger partial charge in [-0.05, 0) is 0 Å². The summed E-state index contributed by atoms with van der Waals surface area (Å²) in [6.07, 6.45) is 1.03. The van der Waals surface area contributed by atoms with Crippen molar-refractivity contribution >= 4 is 51.6 Å². The SMILES string of the molecule is CCC(=O)O.O=C1CCC(=O)N1SSN1C(=O)CCC1=O. The number of aliphatic carboxylic acids is 1. The Morgan fingerprint density at radius 2 is 1.14 bits per heavy atom. The molecule has 10 heteroatoms. The molecule has 21 heavy (non-hydrogen) atoms. The van der Waals surface area contributed by atoms with E-state index in [1.807, 2.05) is 0 Å². The minimum absolute atomic E-state index is 0.203. The lowest BCUT2D eigenvalue weighted by atomic mass is 10.4. The molecule has 2 aliphatic rings. The molecule has 116 valence electrons. The van der Waals surface area contributed by atoms with E-state index in [0.717, 1.165) is 30.6 Å². The van der Waals surface area contributed by atoms with Crippen LogP contribution in [0, 0.1) is 0 Å². The normalized spacial score (nSPS) is 18.1. The summed E-state index contributed by atoms with van der Waals surface area (Å²) in [6, 6.07) is 0. The van der Waals surface area contributed by atoms with E-state index in [-0.39, 0.29) is 55.7 Å². The van der Waals surface area contributed by atoms with Gasteiger partial charge in [0, 0.05) is 32.1 Å². The lowest BCUT2D eigenvalue weighted by molar-refractivity contribution is -0.137. The van der Waals surface area contributed by atoms with Crippen molar-refractivity contribution in [1.82, 2.24) is 8.61 Å². The Morgan fingerprint density at radius 1 is 0.905 bits per heavy atom. The highest BCUT2D eigenvalue weighted by Gasteiger charge is 2.35. The van der Waals surface area contributed by atoms with Gasteiger partial charge in [0.15, 0.2) is 0 Å². The van der Waals surface area contributed by atoms with Crippen molar-refractivity contribution in [2.75, 3.05) is 0 Å². The van der Waals surface area contributed by atoms with Crippen LogP contribution < -0.4 is 0 Å². The first-order chi connectivity index (χ1) is 9.86. The summed E-state index contributed by atoms with van der Waals surface area (Å²) in [7, 11) is 1.68. The molecule has 2 fully saturated rings. The van der Waals surface area contributed by atoms with Gasteiger partial charge in [-0.25, -0.2) is 8.61 Å². The molecule has 2 saturated heterocycles. The van der Waals surface area contributed by atoms with Crippen LogP contribution in [0.1, 0.15) is 39.0 Å². The number of amides is 4. The smallest absolute Gasteiger partial charge is 0.303 e. The molecule has 2 aliphatic heterocycles. The van der Waals surface area contributed by atoms with Gasteiger partial charge in [0.25, 0.3) is 0 Å². The van der Waals surface area contributed by atoms with Crippen molar-refractivity contribution in [3.8, 4) is 0 Å². The molecule has 0 unspecified atom stereocenters. The van der Waals surface area contributed by atoms with Gasteiger partial charge < -0.3 is 5.11 Å². The van der Waals surface area contributed by atoms with Gasteiger partial charge in [-0.1, -0.05) is 6.92 Å². The maximum Gasteiger partial charge on any atom is 0.303 e. The molecule has 1 N–H and O–H groups in total. The number of hydrogen-bond acceptors (Lipinski definition) is 7. The highest BCUT2D eigenvalue weighted by Crippen LogP contribution is 2.36. The highest BCUT2D eigenvalue weighted by molar-refractivity contribution is 8.75. The van der Waals surface area contributed by atoms with Gasteiger partial charge in [-0.3, -0.25) is 24.0 Å². The van der Waals surface area contributed by atoms with Gasteiger partial charge in [-0.15, -0.1) is 0 Å². The van der Waals surface area contributed by atoms with E-state index in [4.69, 9.17) is 5.11 Å². The third-order valence-corrected chi connectivity index (χ3v) is 4.77. The van der Waals surface area contributed by atoms with Crippen LogP contribution in [0.15, 0.2) is 0 Å². The van der Waals surface area contributed by atoms with E-state index in [1.165, 1.54) is 0 Å². The summed E-state index contributed by atoms with van der Waals surface area (Å²) in [5.74, 6) is -1.85. The molecule has 0 atom stereocenters. The zero-order valence-electron chi connectivity index (χ0n) is 11.2. The Hall–Kier alpha value is -1.55. The van der Waals surface area contributed by atoms with Crippen molar-refractivity contribution in [3.63, 3.8) is 0 Å². The van der Waals surface area contributed by atoms with E-state index in [1.54, 1.807) is 6.92 Å². The van der Waals surface area contributed by atoms with Crippen molar-refractivity contribution in [2.24, 2.45) is 0 Å². The van der Waals surface area contributed by atoms with Gasteiger partial charge in [0.2, 0.25) is 23.6 Å². The maximum atomic E-state index is 11.2. The monoisotopic (exact) mass is 334 g/mol. The Morgan fingerprint density at radius 3 is 1.33 bits per heavy atom. The Labute approximate surface area is 128 Å². The quantitative estimate of drug-likeness (QED) is 0.460. The molecule has 0 radical (unpaired) electrons. The number of carbonyl (C=O) groups excluding carboxylic acids is 4. The fraction of sp³-hybridized carbons (Fsp3) is 0.545. The minimum Gasteiger partial charge on any atom is -0.481 e. The molecule has 0 bridgehead atoms. The van der Waals surface area contributed by atoms with Crippen LogP contribution in [0.3, 0.4) is 0 Å². The lowest BCUT2D eigenvalue weighted by Gasteiger charge is -2.15. The number of rotatable bonds is 4. The van der Waals surface area contributed by atoms with Crippen molar-refractivity contribution in [1.29, 1.82) is 0 Å². The third kappa shape index (κ3) is 5.05. The highest BCUT2D eigenvalue weighted by atomic mass is 33.1. The second kappa shape index (κ2) is 8.03. The number of carboxylic acids is 1. The summed E-state index contributed by atoms with van der Waals surface area (Å²) in [5, 5.41) is 7.72. The summed E-state index contributed by atoms with van der Waals surface area (Å²) < 4.78 is 2.01. The maximum absolute atomic E-state index is 11.2. The van der Waals surface area contributed by atoms with Crippen molar-refractivity contribution in [3.05, 3.63) is 0 Å². The summed E-state index contributed by atoms with van der Waals surface area (Å²) >= 11 is 0. The van der Waals surface area contributed by atoms with E-state index < -0.39 is 5.97 Å². The molecule has 0 aromatic carbocycles. The van der Waals surface area contributed by atoms with Crippen LogP contribution in [0.2, 0.25) is 0 Å². The molecule has 4 amide bonds. The largest absolute Gasteiger partial charge is 0.481 e. The third-order valence-electron chi connectivity index (χ3n) is 2.50. The number of hydrogen-bond donors (Lipinski definition) is 1. The first-order valence-electron chi connectivity index (χ1n) is 6.15. The zero-order valence-corrected chi connectivity index (χ0v) is 12.9. The average Bonchev–Trinajstić information content (AvgIpc) is 2.93. The van der Waals surface area contributed by atoms with Gasteiger partial charge in [0.1, 0.15) is 0 Å². The molecular formula is C11H14N2O6S2. The van der Waals surface area contributed by atoms with E-state index in [0.29, 0.717) is 0 Å².